The topological polar surface area (TPSA) is 29.5 Å². The Labute approximate surface area is 112 Å². The van der Waals surface area contributed by atoms with Gasteiger partial charge in [0.1, 0.15) is 6.61 Å². The molecule has 3 nitrogen and oxygen atoms in total. The third-order valence-electron chi connectivity index (χ3n) is 3.29. The molecule has 0 aromatic heterocycles. The Morgan fingerprint density at radius 1 is 1.00 bits per heavy atom. The van der Waals surface area contributed by atoms with Crippen LogP contribution in [-0.2, 0) is 16.2 Å². The van der Waals surface area contributed by atoms with Crippen molar-refractivity contribution in [3.05, 3.63) is 71.8 Å². The summed E-state index contributed by atoms with van der Waals surface area (Å²) >= 11 is 0. The summed E-state index contributed by atoms with van der Waals surface area (Å²) in [6, 6.07) is 19.9. The molecule has 3 heteroatoms. The number of carbonyl (C=O) groups excluding carboxylic acids is 1. The van der Waals surface area contributed by atoms with Gasteiger partial charge in [-0.25, -0.2) is 5.06 Å². The van der Waals surface area contributed by atoms with Crippen LogP contribution in [0.3, 0.4) is 0 Å². The first kappa shape index (κ1) is 11.9. The highest BCUT2D eigenvalue weighted by Crippen LogP contribution is 2.34. The highest BCUT2D eigenvalue weighted by molar-refractivity contribution is 5.82. The fourth-order valence-corrected chi connectivity index (χ4v) is 2.21. The van der Waals surface area contributed by atoms with E-state index in [0.29, 0.717) is 13.0 Å². The zero-order chi connectivity index (χ0) is 13.1. The summed E-state index contributed by atoms with van der Waals surface area (Å²) in [4.78, 5) is 17.3. The van der Waals surface area contributed by atoms with E-state index < -0.39 is 0 Å². The van der Waals surface area contributed by atoms with Gasteiger partial charge in [-0.15, -0.1) is 0 Å². The summed E-state index contributed by atoms with van der Waals surface area (Å²) < 4.78 is 0. The maximum Gasteiger partial charge on any atom is 0.249 e. The van der Waals surface area contributed by atoms with Gasteiger partial charge in [-0.3, -0.25) is 9.63 Å². The molecule has 1 heterocycles. The molecule has 0 radical (unpaired) electrons. The minimum absolute atomic E-state index is 0.0461. The number of amides is 1. The zero-order valence-corrected chi connectivity index (χ0v) is 10.5. The van der Waals surface area contributed by atoms with Crippen molar-refractivity contribution in [2.45, 2.75) is 19.1 Å². The summed E-state index contributed by atoms with van der Waals surface area (Å²) in [5.41, 5.74) is 2.18. The van der Waals surface area contributed by atoms with E-state index in [1.807, 2.05) is 60.7 Å². The van der Waals surface area contributed by atoms with E-state index in [-0.39, 0.29) is 11.9 Å². The Morgan fingerprint density at radius 2 is 1.63 bits per heavy atom. The van der Waals surface area contributed by atoms with Crippen molar-refractivity contribution in [1.29, 1.82) is 0 Å². The fourth-order valence-electron chi connectivity index (χ4n) is 2.21. The third-order valence-corrected chi connectivity index (χ3v) is 3.29. The summed E-state index contributed by atoms with van der Waals surface area (Å²) in [6.45, 7) is 0.427. The molecule has 2 aromatic carbocycles. The number of rotatable bonds is 4. The predicted octanol–water partition coefficient (Wildman–Crippen LogP) is 3.09. The number of hydrogen-bond acceptors (Lipinski definition) is 2. The molecule has 0 spiro atoms. The summed E-state index contributed by atoms with van der Waals surface area (Å²) in [5, 5.41) is 1.49. The lowest BCUT2D eigenvalue weighted by Crippen LogP contribution is -2.45. The van der Waals surface area contributed by atoms with Crippen LogP contribution >= 0.6 is 0 Å². The van der Waals surface area contributed by atoms with Crippen molar-refractivity contribution in [2.75, 3.05) is 0 Å². The SMILES string of the molecule is O=C1CC(c2ccccc2)N1OCc1ccccc1. The molecule has 0 saturated carbocycles. The number of hydroxylamine groups is 2. The molecule has 2 aromatic rings. The first-order chi connectivity index (χ1) is 9.34. The van der Waals surface area contributed by atoms with Crippen molar-refractivity contribution in [1.82, 2.24) is 5.06 Å². The van der Waals surface area contributed by atoms with Crippen LogP contribution in [0.1, 0.15) is 23.6 Å². The Hall–Kier alpha value is -2.13. The molecule has 96 valence electrons. The molecule has 3 rings (SSSR count). The monoisotopic (exact) mass is 253 g/mol. The van der Waals surface area contributed by atoms with Crippen LogP contribution in [0.2, 0.25) is 0 Å². The Bertz CT molecular complexity index is 553. The van der Waals surface area contributed by atoms with Crippen molar-refractivity contribution in [3.8, 4) is 0 Å². The molecule has 1 atom stereocenters. The smallest absolute Gasteiger partial charge is 0.249 e. The minimum Gasteiger partial charge on any atom is -0.272 e. The highest BCUT2D eigenvalue weighted by Gasteiger charge is 2.38. The Morgan fingerprint density at radius 3 is 2.26 bits per heavy atom. The van der Waals surface area contributed by atoms with Crippen molar-refractivity contribution in [3.63, 3.8) is 0 Å². The lowest BCUT2D eigenvalue weighted by atomic mass is 9.97. The molecular formula is C16H15NO2. The minimum atomic E-state index is 0.0461. The van der Waals surface area contributed by atoms with Gasteiger partial charge in [-0.2, -0.15) is 0 Å². The second kappa shape index (κ2) is 5.24. The first-order valence-corrected chi connectivity index (χ1v) is 6.38. The fraction of sp³-hybridized carbons (Fsp3) is 0.188. The van der Waals surface area contributed by atoms with Crippen molar-refractivity contribution < 1.29 is 9.63 Å². The second-order valence-electron chi connectivity index (χ2n) is 4.61. The van der Waals surface area contributed by atoms with E-state index in [0.717, 1.165) is 11.1 Å². The number of hydrogen-bond donors (Lipinski definition) is 0. The van der Waals surface area contributed by atoms with Crippen LogP contribution in [0.25, 0.3) is 0 Å². The maximum atomic E-state index is 11.6. The maximum absolute atomic E-state index is 11.6. The molecule has 19 heavy (non-hydrogen) atoms. The van der Waals surface area contributed by atoms with Gasteiger partial charge in [0.25, 0.3) is 0 Å². The van der Waals surface area contributed by atoms with E-state index in [2.05, 4.69) is 0 Å². The molecule has 0 N–H and O–H groups in total. The van der Waals surface area contributed by atoms with Crippen LogP contribution in [0.15, 0.2) is 60.7 Å². The van der Waals surface area contributed by atoms with Crippen LogP contribution in [-0.4, -0.2) is 11.0 Å². The molecule has 1 saturated heterocycles. The van der Waals surface area contributed by atoms with Crippen molar-refractivity contribution >= 4 is 5.91 Å². The molecule has 0 aliphatic carbocycles. The molecule has 1 amide bonds. The molecule has 1 fully saturated rings. The van der Waals surface area contributed by atoms with Gasteiger partial charge >= 0.3 is 0 Å². The van der Waals surface area contributed by atoms with Crippen LogP contribution in [0.4, 0.5) is 0 Å². The molecule has 0 bridgehead atoms. The largest absolute Gasteiger partial charge is 0.272 e. The van der Waals surface area contributed by atoms with Gasteiger partial charge in [0, 0.05) is 0 Å². The van der Waals surface area contributed by atoms with Gasteiger partial charge in [-0.05, 0) is 11.1 Å². The van der Waals surface area contributed by atoms with Gasteiger partial charge in [0.15, 0.2) is 0 Å². The molecule has 1 unspecified atom stereocenters. The standard InChI is InChI=1S/C16H15NO2/c18-16-11-15(14-9-5-2-6-10-14)17(16)19-12-13-7-3-1-4-8-13/h1-10,15H,11-12H2. The summed E-state index contributed by atoms with van der Waals surface area (Å²) in [7, 11) is 0. The van der Waals surface area contributed by atoms with Crippen molar-refractivity contribution in [2.24, 2.45) is 0 Å². The quantitative estimate of drug-likeness (QED) is 0.784. The van der Waals surface area contributed by atoms with Gasteiger partial charge in [0.05, 0.1) is 12.5 Å². The first-order valence-electron chi connectivity index (χ1n) is 6.38. The molecule has 1 aliphatic rings. The summed E-state index contributed by atoms with van der Waals surface area (Å²) in [6.07, 6.45) is 0.527. The van der Waals surface area contributed by atoms with Gasteiger partial charge < -0.3 is 0 Å². The normalized spacial score (nSPS) is 18.2. The lowest BCUT2D eigenvalue weighted by molar-refractivity contribution is -0.235. The average Bonchev–Trinajstić information content (AvgIpc) is 2.47. The van der Waals surface area contributed by atoms with E-state index in [4.69, 9.17) is 4.84 Å². The second-order valence-corrected chi connectivity index (χ2v) is 4.61. The molecule has 1 aliphatic heterocycles. The zero-order valence-electron chi connectivity index (χ0n) is 10.5. The van der Waals surface area contributed by atoms with E-state index >= 15 is 0 Å². The average molecular weight is 253 g/mol. The number of β-lactam (4-membered cyclic amide) rings is 1. The number of nitrogens with zero attached hydrogens (tertiary/aromatic N) is 1. The number of benzene rings is 2. The summed E-state index contributed by atoms with van der Waals surface area (Å²) in [5.74, 6) is 0.0461. The number of carbonyl (C=O) groups is 1. The van der Waals surface area contributed by atoms with E-state index in [9.17, 15) is 4.79 Å². The third kappa shape index (κ3) is 2.51. The Kier molecular flexibility index (Phi) is 3.29. The van der Waals surface area contributed by atoms with E-state index in [1.54, 1.807) is 0 Å². The highest BCUT2D eigenvalue weighted by atomic mass is 16.7. The van der Waals surface area contributed by atoms with Gasteiger partial charge in [-0.1, -0.05) is 60.7 Å². The van der Waals surface area contributed by atoms with E-state index in [1.165, 1.54) is 5.06 Å². The van der Waals surface area contributed by atoms with Crippen LogP contribution in [0.5, 0.6) is 0 Å². The predicted molar refractivity (Wildman–Crippen MR) is 71.9 cm³/mol. The van der Waals surface area contributed by atoms with Crippen LogP contribution in [0, 0.1) is 0 Å². The lowest BCUT2D eigenvalue weighted by Gasteiger charge is -2.39. The van der Waals surface area contributed by atoms with Gasteiger partial charge in [0.2, 0.25) is 5.91 Å². The molecular weight excluding hydrogens is 238 g/mol. The van der Waals surface area contributed by atoms with Crippen LogP contribution < -0.4 is 0 Å². The Balaban J connectivity index is 1.65.